The van der Waals surface area contributed by atoms with E-state index in [1.165, 1.54) is 32.2 Å². The van der Waals surface area contributed by atoms with Crippen molar-refractivity contribution in [2.24, 2.45) is 11.7 Å². The van der Waals surface area contributed by atoms with Gasteiger partial charge in [-0.05, 0) is 45.7 Å². The Labute approximate surface area is 81.9 Å². The van der Waals surface area contributed by atoms with E-state index >= 15 is 0 Å². The Morgan fingerprint density at radius 1 is 1.17 bits per heavy atom. The molecule has 0 atom stereocenters. The van der Waals surface area contributed by atoms with Crippen molar-refractivity contribution in [3.05, 3.63) is 0 Å². The van der Waals surface area contributed by atoms with Gasteiger partial charge in [0.1, 0.15) is 0 Å². The number of rotatable bonds is 2. The smallest absolute Gasteiger partial charge is 0.00390 e. The Balaban J connectivity index is 0.00000121. The van der Waals surface area contributed by atoms with E-state index in [9.17, 15) is 0 Å². The minimum Gasteiger partial charge on any atom is -0.328 e. The van der Waals surface area contributed by atoms with Crippen LogP contribution in [0.5, 0.6) is 0 Å². The molecule has 2 nitrogen and oxygen atoms in total. The molecule has 0 unspecified atom stereocenters. The lowest BCUT2D eigenvalue weighted by molar-refractivity contribution is 0.250. The van der Waals surface area contributed by atoms with Gasteiger partial charge < -0.3 is 10.6 Å². The van der Waals surface area contributed by atoms with Crippen molar-refractivity contribution in [2.75, 3.05) is 20.6 Å². The molecule has 3 heteroatoms. The number of halogens is 1. The Bertz CT molecular complexity index is 109. The van der Waals surface area contributed by atoms with E-state index in [4.69, 9.17) is 5.73 Å². The molecular formula is C9H21ClN2. The fraction of sp³-hybridized carbons (Fsp3) is 1.00. The zero-order chi connectivity index (χ0) is 8.27. The lowest BCUT2D eigenvalue weighted by atomic mass is 9.86. The summed E-state index contributed by atoms with van der Waals surface area (Å²) in [5, 5.41) is 0. The van der Waals surface area contributed by atoms with Gasteiger partial charge in [0.25, 0.3) is 0 Å². The van der Waals surface area contributed by atoms with Crippen LogP contribution in [0.25, 0.3) is 0 Å². The van der Waals surface area contributed by atoms with Crippen LogP contribution in [0.2, 0.25) is 0 Å². The monoisotopic (exact) mass is 192 g/mol. The molecule has 12 heavy (non-hydrogen) atoms. The SMILES string of the molecule is CN(C)C[C@H]1CC[C@H](N)CC1.Cl. The summed E-state index contributed by atoms with van der Waals surface area (Å²) in [5.41, 5.74) is 5.81. The third-order valence-corrected chi connectivity index (χ3v) is 2.51. The van der Waals surface area contributed by atoms with Crippen molar-refractivity contribution in [1.29, 1.82) is 0 Å². The molecule has 1 aliphatic rings. The Hall–Kier alpha value is 0.210. The van der Waals surface area contributed by atoms with Crippen LogP contribution >= 0.6 is 12.4 Å². The van der Waals surface area contributed by atoms with E-state index in [2.05, 4.69) is 19.0 Å². The van der Waals surface area contributed by atoms with E-state index in [-0.39, 0.29) is 12.4 Å². The first-order valence-electron chi connectivity index (χ1n) is 4.59. The molecule has 0 bridgehead atoms. The number of hydrogen-bond donors (Lipinski definition) is 1. The van der Waals surface area contributed by atoms with Crippen LogP contribution < -0.4 is 5.73 Å². The van der Waals surface area contributed by atoms with E-state index in [0.29, 0.717) is 6.04 Å². The Morgan fingerprint density at radius 3 is 2.08 bits per heavy atom. The highest BCUT2D eigenvalue weighted by Crippen LogP contribution is 2.23. The average Bonchev–Trinajstić information content (AvgIpc) is 1.93. The zero-order valence-corrected chi connectivity index (χ0v) is 8.94. The van der Waals surface area contributed by atoms with Crippen molar-refractivity contribution < 1.29 is 0 Å². The highest BCUT2D eigenvalue weighted by Gasteiger charge is 2.18. The lowest BCUT2D eigenvalue weighted by Crippen LogP contribution is -2.31. The Kier molecular flexibility index (Phi) is 5.89. The van der Waals surface area contributed by atoms with E-state index < -0.39 is 0 Å². The van der Waals surface area contributed by atoms with Gasteiger partial charge in [-0.1, -0.05) is 0 Å². The first-order valence-corrected chi connectivity index (χ1v) is 4.59. The first-order chi connectivity index (χ1) is 5.18. The van der Waals surface area contributed by atoms with Crippen LogP contribution in [0.15, 0.2) is 0 Å². The third kappa shape index (κ3) is 4.29. The second kappa shape index (κ2) is 5.79. The molecule has 0 spiro atoms. The van der Waals surface area contributed by atoms with Crippen molar-refractivity contribution in [1.82, 2.24) is 4.90 Å². The van der Waals surface area contributed by atoms with Crippen molar-refractivity contribution in [3.8, 4) is 0 Å². The Morgan fingerprint density at radius 2 is 1.67 bits per heavy atom. The number of nitrogens with zero attached hydrogens (tertiary/aromatic N) is 1. The second-order valence-electron chi connectivity index (χ2n) is 4.04. The molecule has 0 amide bonds. The van der Waals surface area contributed by atoms with Gasteiger partial charge >= 0.3 is 0 Å². The molecule has 0 aromatic heterocycles. The topological polar surface area (TPSA) is 29.3 Å². The van der Waals surface area contributed by atoms with Gasteiger partial charge in [-0.3, -0.25) is 0 Å². The standard InChI is InChI=1S/C9H20N2.ClH/c1-11(2)7-8-3-5-9(10)6-4-8;/h8-9H,3-7,10H2,1-2H3;1H/t8-,9-;. The quantitative estimate of drug-likeness (QED) is 0.719. The van der Waals surface area contributed by atoms with Crippen LogP contribution in [0.1, 0.15) is 25.7 Å². The van der Waals surface area contributed by atoms with Crippen LogP contribution in [0, 0.1) is 5.92 Å². The van der Waals surface area contributed by atoms with Crippen LogP contribution in [-0.4, -0.2) is 31.6 Å². The molecule has 1 rings (SSSR count). The van der Waals surface area contributed by atoms with Gasteiger partial charge in [-0.25, -0.2) is 0 Å². The largest absolute Gasteiger partial charge is 0.328 e. The highest BCUT2D eigenvalue weighted by molar-refractivity contribution is 5.85. The molecule has 1 aliphatic carbocycles. The van der Waals surface area contributed by atoms with E-state index in [0.717, 1.165) is 5.92 Å². The molecule has 0 aromatic carbocycles. The molecule has 1 saturated carbocycles. The highest BCUT2D eigenvalue weighted by atomic mass is 35.5. The van der Waals surface area contributed by atoms with Crippen LogP contribution in [-0.2, 0) is 0 Å². The molecule has 74 valence electrons. The molecule has 0 saturated heterocycles. The van der Waals surface area contributed by atoms with Gasteiger partial charge in [0.05, 0.1) is 0 Å². The fourth-order valence-corrected chi connectivity index (χ4v) is 1.89. The van der Waals surface area contributed by atoms with Crippen molar-refractivity contribution in [2.45, 2.75) is 31.7 Å². The summed E-state index contributed by atoms with van der Waals surface area (Å²) in [4.78, 5) is 2.28. The van der Waals surface area contributed by atoms with Crippen molar-refractivity contribution in [3.63, 3.8) is 0 Å². The molecule has 0 heterocycles. The summed E-state index contributed by atoms with van der Waals surface area (Å²) in [5.74, 6) is 0.907. The van der Waals surface area contributed by atoms with Crippen LogP contribution in [0.3, 0.4) is 0 Å². The zero-order valence-electron chi connectivity index (χ0n) is 8.12. The molecule has 2 N–H and O–H groups in total. The minimum atomic E-state index is 0. The van der Waals surface area contributed by atoms with Gasteiger partial charge in [-0.15, -0.1) is 12.4 Å². The summed E-state index contributed by atoms with van der Waals surface area (Å²) < 4.78 is 0. The summed E-state index contributed by atoms with van der Waals surface area (Å²) in [6.07, 6.45) is 5.13. The van der Waals surface area contributed by atoms with Gasteiger partial charge in [0, 0.05) is 12.6 Å². The molecule has 1 fully saturated rings. The third-order valence-electron chi connectivity index (χ3n) is 2.51. The van der Waals surface area contributed by atoms with E-state index in [1.807, 2.05) is 0 Å². The van der Waals surface area contributed by atoms with Gasteiger partial charge in [-0.2, -0.15) is 0 Å². The molecule has 0 aromatic rings. The number of hydrogen-bond acceptors (Lipinski definition) is 2. The normalized spacial score (nSPS) is 30.0. The van der Waals surface area contributed by atoms with E-state index in [1.54, 1.807) is 0 Å². The molecule has 0 radical (unpaired) electrons. The predicted molar refractivity (Wildman–Crippen MR) is 55.7 cm³/mol. The van der Waals surface area contributed by atoms with Crippen LogP contribution in [0.4, 0.5) is 0 Å². The molecule has 0 aliphatic heterocycles. The maximum atomic E-state index is 5.81. The lowest BCUT2D eigenvalue weighted by Gasteiger charge is -2.28. The number of nitrogens with two attached hydrogens (primary N) is 1. The van der Waals surface area contributed by atoms with Crippen molar-refractivity contribution >= 4 is 12.4 Å². The average molecular weight is 193 g/mol. The maximum Gasteiger partial charge on any atom is 0.00390 e. The summed E-state index contributed by atoms with van der Waals surface area (Å²) in [7, 11) is 4.29. The second-order valence-corrected chi connectivity index (χ2v) is 4.04. The first kappa shape index (κ1) is 12.2. The minimum absolute atomic E-state index is 0. The summed E-state index contributed by atoms with van der Waals surface area (Å²) in [6.45, 7) is 1.24. The predicted octanol–water partition coefficient (Wildman–Crippen LogP) is 1.49. The maximum absolute atomic E-state index is 5.81. The van der Waals surface area contributed by atoms with Gasteiger partial charge in [0.15, 0.2) is 0 Å². The van der Waals surface area contributed by atoms with Gasteiger partial charge in [0.2, 0.25) is 0 Å². The fourth-order valence-electron chi connectivity index (χ4n) is 1.89. The summed E-state index contributed by atoms with van der Waals surface area (Å²) in [6, 6.07) is 0.494. The molecular weight excluding hydrogens is 172 g/mol. The summed E-state index contributed by atoms with van der Waals surface area (Å²) >= 11 is 0.